The van der Waals surface area contributed by atoms with Crippen LogP contribution in [0.1, 0.15) is 31.4 Å². The number of carbonyl (C=O) groups excluding carboxylic acids is 1. The lowest BCUT2D eigenvalue weighted by molar-refractivity contribution is -0.122. The number of pyridine rings is 1. The summed E-state index contributed by atoms with van der Waals surface area (Å²) in [5.74, 6) is -0.132. The van der Waals surface area contributed by atoms with Crippen LogP contribution in [0, 0.1) is 12.4 Å². The van der Waals surface area contributed by atoms with Gasteiger partial charge in [-0.15, -0.1) is 0 Å². The van der Waals surface area contributed by atoms with Crippen molar-refractivity contribution in [3.63, 3.8) is 0 Å². The number of benzene rings is 1. The summed E-state index contributed by atoms with van der Waals surface area (Å²) in [7, 11) is 0. The lowest BCUT2D eigenvalue weighted by Crippen LogP contribution is -2.49. The van der Waals surface area contributed by atoms with E-state index in [0.29, 0.717) is 45.7 Å². The SMILES string of the molecule is [C-]#[N+]c1cnc2c(c1)N(C1CCC(NCc3cc4c(=O)oc5ccc(F)cc5c4[nH]3)CC1)C(=O)CO2. The molecule has 2 aliphatic rings. The first-order chi connectivity index (χ1) is 17.5. The minimum Gasteiger partial charge on any atom is -0.466 e. The van der Waals surface area contributed by atoms with Crippen LogP contribution in [-0.4, -0.2) is 34.6 Å². The van der Waals surface area contributed by atoms with Gasteiger partial charge in [-0.3, -0.25) is 4.79 Å². The molecule has 0 radical (unpaired) electrons. The first-order valence-electron chi connectivity index (χ1n) is 11.8. The van der Waals surface area contributed by atoms with Gasteiger partial charge in [-0.1, -0.05) is 0 Å². The van der Waals surface area contributed by atoms with Gasteiger partial charge in [-0.05, 0) is 56.0 Å². The molecule has 0 atom stereocenters. The molecular weight excluding hydrogens is 465 g/mol. The van der Waals surface area contributed by atoms with Gasteiger partial charge in [-0.25, -0.2) is 19.0 Å². The van der Waals surface area contributed by atoms with Crippen LogP contribution in [0.3, 0.4) is 0 Å². The summed E-state index contributed by atoms with van der Waals surface area (Å²) in [5.41, 5.74) is 2.20. The van der Waals surface area contributed by atoms with Crippen LogP contribution in [0.25, 0.3) is 26.7 Å². The number of fused-ring (bicyclic) bond motifs is 4. The van der Waals surface area contributed by atoms with Crippen molar-refractivity contribution in [3.05, 3.63) is 69.9 Å². The van der Waals surface area contributed by atoms with Crippen LogP contribution in [0.15, 0.2) is 45.7 Å². The summed E-state index contributed by atoms with van der Waals surface area (Å²) < 4.78 is 24.6. The molecular formula is C26H22FN5O4. The Hall–Kier alpha value is -4.23. The topological polar surface area (TPSA) is 105 Å². The molecule has 0 spiro atoms. The molecule has 3 aromatic heterocycles. The van der Waals surface area contributed by atoms with Crippen LogP contribution in [0.2, 0.25) is 0 Å². The molecule has 2 N–H and O–H groups in total. The Morgan fingerprint density at radius 1 is 1.17 bits per heavy atom. The van der Waals surface area contributed by atoms with Crippen LogP contribution in [0.4, 0.5) is 15.8 Å². The van der Waals surface area contributed by atoms with Crippen molar-refractivity contribution in [1.82, 2.24) is 15.3 Å². The van der Waals surface area contributed by atoms with Crippen molar-refractivity contribution < 1.29 is 18.3 Å². The molecule has 0 unspecified atom stereocenters. The van der Waals surface area contributed by atoms with Gasteiger partial charge < -0.3 is 24.4 Å². The average Bonchev–Trinajstić information content (AvgIpc) is 3.33. The molecule has 6 rings (SSSR count). The number of rotatable bonds is 4. The largest absolute Gasteiger partial charge is 0.466 e. The molecule has 1 amide bonds. The van der Waals surface area contributed by atoms with Crippen molar-refractivity contribution in [1.29, 1.82) is 0 Å². The van der Waals surface area contributed by atoms with E-state index in [1.807, 2.05) is 0 Å². The normalized spacial score (nSPS) is 19.8. The zero-order valence-corrected chi connectivity index (χ0v) is 19.2. The Kier molecular flexibility index (Phi) is 5.42. The van der Waals surface area contributed by atoms with Crippen molar-refractivity contribution >= 4 is 39.2 Å². The molecule has 36 heavy (non-hydrogen) atoms. The first-order valence-corrected chi connectivity index (χ1v) is 11.8. The second kappa shape index (κ2) is 8.77. The number of anilines is 1. The van der Waals surface area contributed by atoms with E-state index in [0.717, 1.165) is 31.4 Å². The quantitative estimate of drug-likeness (QED) is 0.331. The standard InChI is InChI=1S/C26H22FN5O4/c1-28-16-10-21-25(30-11-16)35-13-23(33)32(21)18-5-3-15(4-6-18)29-12-17-9-20-24(31-17)19-8-14(27)2-7-22(19)36-26(20)34/h2,7-11,15,18,29,31H,3-6,12-13H2. The Labute approximate surface area is 204 Å². The number of nitrogens with one attached hydrogen (secondary N) is 2. The summed E-state index contributed by atoms with van der Waals surface area (Å²) in [6.45, 7) is 7.71. The minimum absolute atomic E-state index is 0.0138. The summed E-state index contributed by atoms with van der Waals surface area (Å²) >= 11 is 0. The Morgan fingerprint density at radius 2 is 2.00 bits per heavy atom. The number of amides is 1. The number of aromatic nitrogens is 2. The zero-order chi connectivity index (χ0) is 24.8. The molecule has 1 aromatic carbocycles. The van der Waals surface area contributed by atoms with Crippen LogP contribution in [0.5, 0.6) is 5.88 Å². The lowest BCUT2D eigenvalue weighted by atomic mass is 9.89. The molecule has 1 fully saturated rings. The van der Waals surface area contributed by atoms with Gasteiger partial charge >= 0.3 is 5.63 Å². The van der Waals surface area contributed by atoms with Gasteiger partial charge in [-0.2, -0.15) is 0 Å². The van der Waals surface area contributed by atoms with Crippen molar-refractivity contribution in [2.75, 3.05) is 11.5 Å². The number of carbonyl (C=O) groups is 1. The summed E-state index contributed by atoms with van der Waals surface area (Å²) in [4.78, 5) is 37.7. The highest BCUT2D eigenvalue weighted by atomic mass is 19.1. The zero-order valence-electron chi connectivity index (χ0n) is 19.2. The number of ether oxygens (including phenoxy) is 1. The molecule has 0 bridgehead atoms. The van der Waals surface area contributed by atoms with E-state index >= 15 is 0 Å². The van der Waals surface area contributed by atoms with Gasteiger partial charge in [0.15, 0.2) is 6.61 Å². The fourth-order valence-corrected chi connectivity index (χ4v) is 5.22. The van der Waals surface area contributed by atoms with Crippen molar-refractivity contribution in [2.45, 2.75) is 44.3 Å². The smallest absolute Gasteiger partial charge is 0.345 e. The monoisotopic (exact) mass is 487 g/mol. The second-order valence-corrected chi connectivity index (χ2v) is 9.18. The molecule has 1 aliphatic carbocycles. The van der Waals surface area contributed by atoms with Gasteiger partial charge in [0.25, 0.3) is 5.91 Å². The van der Waals surface area contributed by atoms with E-state index in [1.165, 1.54) is 24.4 Å². The van der Waals surface area contributed by atoms with Gasteiger partial charge in [0, 0.05) is 35.9 Å². The number of H-pyrrole nitrogens is 1. The second-order valence-electron chi connectivity index (χ2n) is 9.18. The van der Waals surface area contributed by atoms with E-state index in [9.17, 15) is 14.0 Å². The van der Waals surface area contributed by atoms with Crippen LogP contribution in [-0.2, 0) is 11.3 Å². The number of nitrogens with zero attached hydrogens (tertiary/aromatic N) is 3. The summed E-state index contributed by atoms with van der Waals surface area (Å²) in [6, 6.07) is 7.74. The van der Waals surface area contributed by atoms with Crippen LogP contribution < -0.4 is 20.6 Å². The van der Waals surface area contributed by atoms with Crippen molar-refractivity contribution in [3.8, 4) is 5.88 Å². The summed E-state index contributed by atoms with van der Waals surface area (Å²) in [5, 5.41) is 4.46. The molecule has 9 nitrogen and oxygen atoms in total. The Bertz CT molecular complexity index is 1600. The molecule has 10 heteroatoms. The Morgan fingerprint density at radius 3 is 2.81 bits per heavy atom. The molecule has 4 aromatic rings. The van der Waals surface area contributed by atoms with Gasteiger partial charge in [0.05, 0.1) is 23.2 Å². The van der Waals surface area contributed by atoms with Gasteiger partial charge in [0.2, 0.25) is 11.6 Å². The highest BCUT2D eigenvalue weighted by Crippen LogP contribution is 2.37. The number of halogens is 1. The van der Waals surface area contributed by atoms with Crippen LogP contribution >= 0.6 is 0 Å². The van der Waals surface area contributed by atoms with E-state index in [4.69, 9.17) is 15.7 Å². The highest BCUT2D eigenvalue weighted by molar-refractivity contribution is 6.02. The predicted molar refractivity (Wildman–Crippen MR) is 131 cm³/mol. The molecule has 182 valence electrons. The fraction of sp³-hybridized carbons (Fsp3) is 0.308. The molecule has 4 heterocycles. The lowest BCUT2D eigenvalue weighted by Gasteiger charge is -2.39. The first kappa shape index (κ1) is 22.2. The highest BCUT2D eigenvalue weighted by Gasteiger charge is 2.35. The summed E-state index contributed by atoms with van der Waals surface area (Å²) in [6.07, 6.45) is 4.76. The molecule has 1 saturated carbocycles. The maximum Gasteiger partial charge on any atom is 0.345 e. The maximum atomic E-state index is 13.8. The van der Waals surface area contributed by atoms with E-state index in [-0.39, 0.29) is 24.6 Å². The third kappa shape index (κ3) is 3.87. The van der Waals surface area contributed by atoms with E-state index in [1.54, 1.807) is 17.0 Å². The minimum atomic E-state index is -0.460. The molecule has 0 saturated heterocycles. The van der Waals surface area contributed by atoms with Crippen molar-refractivity contribution in [2.24, 2.45) is 0 Å². The third-order valence-electron chi connectivity index (χ3n) is 6.96. The average molecular weight is 487 g/mol. The predicted octanol–water partition coefficient (Wildman–Crippen LogP) is 4.19. The molecule has 1 aliphatic heterocycles. The fourth-order valence-electron chi connectivity index (χ4n) is 5.22. The maximum absolute atomic E-state index is 13.8. The Balaban J connectivity index is 1.14. The van der Waals surface area contributed by atoms with Gasteiger partial charge in [0.1, 0.15) is 11.4 Å². The number of hydrogen-bond donors (Lipinski definition) is 2. The van der Waals surface area contributed by atoms with E-state index in [2.05, 4.69) is 20.1 Å². The number of hydrogen-bond acceptors (Lipinski definition) is 6. The number of aromatic amines is 1. The third-order valence-corrected chi connectivity index (χ3v) is 6.96. The van der Waals surface area contributed by atoms with E-state index < -0.39 is 11.4 Å².